The van der Waals surface area contributed by atoms with Crippen LogP contribution < -0.4 is 16.0 Å². The SMILES string of the molecule is C[C@@H](NC(=O)CNc1ccccc1C(=O)NCc1ccco1)c1ccccc1. The molecule has 1 atom stereocenters. The highest BCUT2D eigenvalue weighted by molar-refractivity contribution is 6.00. The van der Waals surface area contributed by atoms with Crippen molar-refractivity contribution in [3.05, 3.63) is 89.9 Å². The molecule has 2 aromatic carbocycles. The van der Waals surface area contributed by atoms with Crippen molar-refractivity contribution in [3.8, 4) is 0 Å². The van der Waals surface area contributed by atoms with Crippen molar-refractivity contribution in [2.75, 3.05) is 11.9 Å². The zero-order valence-electron chi connectivity index (χ0n) is 15.6. The van der Waals surface area contributed by atoms with Crippen LogP contribution in [0.4, 0.5) is 5.69 Å². The lowest BCUT2D eigenvalue weighted by Crippen LogP contribution is -2.32. The lowest BCUT2D eigenvalue weighted by molar-refractivity contribution is -0.120. The number of anilines is 1. The van der Waals surface area contributed by atoms with Gasteiger partial charge in [-0.15, -0.1) is 0 Å². The van der Waals surface area contributed by atoms with Gasteiger partial charge >= 0.3 is 0 Å². The Labute approximate surface area is 164 Å². The van der Waals surface area contributed by atoms with Crippen LogP contribution in [0.1, 0.15) is 34.6 Å². The minimum absolute atomic E-state index is 0.0691. The molecule has 0 unspecified atom stereocenters. The summed E-state index contributed by atoms with van der Waals surface area (Å²) in [4.78, 5) is 24.8. The van der Waals surface area contributed by atoms with Crippen LogP contribution in [0, 0.1) is 0 Å². The molecule has 144 valence electrons. The molecule has 0 aliphatic rings. The normalized spacial score (nSPS) is 11.5. The second-order valence-corrected chi connectivity index (χ2v) is 6.36. The number of para-hydroxylation sites is 1. The number of furan rings is 1. The number of benzene rings is 2. The topological polar surface area (TPSA) is 83.4 Å². The molecule has 6 heteroatoms. The van der Waals surface area contributed by atoms with E-state index in [1.54, 1.807) is 36.6 Å². The van der Waals surface area contributed by atoms with Crippen molar-refractivity contribution < 1.29 is 14.0 Å². The summed E-state index contributed by atoms with van der Waals surface area (Å²) in [6, 6.07) is 20.3. The summed E-state index contributed by atoms with van der Waals surface area (Å²) in [5, 5.41) is 8.80. The Hall–Kier alpha value is -3.54. The zero-order chi connectivity index (χ0) is 19.8. The fraction of sp³-hybridized carbons (Fsp3) is 0.182. The van der Waals surface area contributed by atoms with E-state index in [2.05, 4.69) is 16.0 Å². The molecule has 0 aliphatic carbocycles. The number of carbonyl (C=O) groups is 2. The minimum atomic E-state index is -0.238. The zero-order valence-corrected chi connectivity index (χ0v) is 15.6. The smallest absolute Gasteiger partial charge is 0.253 e. The predicted molar refractivity (Wildman–Crippen MR) is 108 cm³/mol. The van der Waals surface area contributed by atoms with Gasteiger partial charge in [-0.25, -0.2) is 0 Å². The van der Waals surface area contributed by atoms with Crippen molar-refractivity contribution >= 4 is 17.5 Å². The maximum absolute atomic E-state index is 12.5. The minimum Gasteiger partial charge on any atom is -0.467 e. The largest absolute Gasteiger partial charge is 0.467 e. The molecule has 0 spiro atoms. The Bertz CT molecular complexity index is 908. The summed E-state index contributed by atoms with van der Waals surface area (Å²) in [5.41, 5.74) is 2.11. The third-order valence-electron chi connectivity index (χ3n) is 4.29. The first-order valence-electron chi connectivity index (χ1n) is 9.11. The van der Waals surface area contributed by atoms with Gasteiger partial charge in [0, 0.05) is 5.69 Å². The first kappa shape index (κ1) is 19.2. The number of hydrogen-bond donors (Lipinski definition) is 3. The van der Waals surface area contributed by atoms with Crippen molar-refractivity contribution in [2.45, 2.75) is 19.5 Å². The molecule has 0 fully saturated rings. The molecule has 3 rings (SSSR count). The van der Waals surface area contributed by atoms with Crippen molar-refractivity contribution in [3.63, 3.8) is 0 Å². The molecule has 2 amide bonds. The molecule has 0 bridgehead atoms. The molecule has 1 heterocycles. The van der Waals surface area contributed by atoms with Crippen molar-refractivity contribution in [2.24, 2.45) is 0 Å². The lowest BCUT2D eigenvalue weighted by atomic mass is 10.1. The van der Waals surface area contributed by atoms with Crippen LogP contribution in [-0.4, -0.2) is 18.4 Å². The van der Waals surface area contributed by atoms with Gasteiger partial charge in [0.15, 0.2) is 0 Å². The van der Waals surface area contributed by atoms with Gasteiger partial charge in [-0.1, -0.05) is 42.5 Å². The fourth-order valence-electron chi connectivity index (χ4n) is 2.80. The molecule has 0 aliphatic heterocycles. The van der Waals surface area contributed by atoms with Gasteiger partial charge < -0.3 is 20.4 Å². The van der Waals surface area contributed by atoms with E-state index in [1.165, 1.54) is 0 Å². The highest BCUT2D eigenvalue weighted by atomic mass is 16.3. The molecule has 28 heavy (non-hydrogen) atoms. The average Bonchev–Trinajstić information content (AvgIpc) is 3.25. The van der Waals surface area contributed by atoms with E-state index in [4.69, 9.17) is 4.42 Å². The molecule has 0 saturated carbocycles. The van der Waals surface area contributed by atoms with Crippen LogP contribution in [0.3, 0.4) is 0 Å². The van der Waals surface area contributed by atoms with Gasteiger partial charge in [0.05, 0.1) is 31.0 Å². The van der Waals surface area contributed by atoms with E-state index in [9.17, 15) is 9.59 Å². The van der Waals surface area contributed by atoms with E-state index in [-0.39, 0.29) is 24.4 Å². The standard InChI is InChI=1S/C22H23N3O3/c1-16(17-8-3-2-4-9-17)25-21(26)15-23-20-12-6-5-11-19(20)22(27)24-14-18-10-7-13-28-18/h2-13,16,23H,14-15H2,1H3,(H,24,27)(H,25,26)/t16-/m1/s1. The van der Waals surface area contributed by atoms with Crippen molar-refractivity contribution in [1.82, 2.24) is 10.6 Å². The van der Waals surface area contributed by atoms with Gasteiger partial charge in [-0.2, -0.15) is 0 Å². The molecular formula is C22H23N3O3. The van der Waals surface area contributed by atoms with Gasteiger partial charge in [0.25, 0.3) is 5.91 Å². The summed E-state index contributed by atoms with van der Waals surface area (Å²) in [7, 11) is 0. The number of carbonyl (C=O) groups excluding carboxylic acids is 2. The number of rotatable bonds is 8. The molecule has 0 radical (unpaired) electrons. The summed E-state index contributed by atoms with van der Waals surface area (Å²) in [6.07, 6.45) is 1.56. The fourth-order valence-corrected chi connectivity index (χ4v) is 2.80. The van der Waals surface area contributed by atoms with Gasteiger partial charge in [-0.3, -0.25) is 9.59 Å². The van der Waals surface area contributed by atoms with Crippen LogP contribution in [-0.2, 0) is 11.3 Å². The first-order chi connectivity index (χ1) is 13.6. The van der Waals surface area contributed by atoms with E-state index in [0.717, 1.165) is 5.56 Å². The summed E-state index contributed by atoms with van der Waals surface area (Å²) >= 11 is 0. The maximum Gasteiger partial charge on any atom is 0.253 e. The van der Waals surface area contributed by atoms with E-state index in [1.807, 2.05) is 43.3 Å². The summed E-state index contributed by atoms with van der Waals surface area (Å²) in [5.74, 6) is 0.285. The van der Waals surface area contributed by atoms with Crippen molar-refractivity contribution in [1.29, 1.82) is 0 Å². The van der Waals surface area contributed by atoms with Crippen LogP contribution in [0.25, 0.3) is 0 Å². The Balaban J connectivity index is 1.55. The third-order valence-corrected chi connectivity index (χ3v) is 4.29. The Morgan fingerprint density at radius 3 is 2.46 bits per heavy atom. The molecular weight excluding hydrogens is 354 g/mol. The summed E-state index contributed by atoms with van der Waals surface area (Å²) < 4.78 is 5.22. The van der Waals surface area contributed by atoms with Crippen LogP contribution in [0.2, 0.25) is 0 Å². The number of amides is 2. The number of nitrogens with one attached hydrogen (secondary N) is 3. The quantitative estimate of drug-likeness (QED) is 0.561. The lowest BCUT2D eigenvalue weighted by Gasteiger charge is -2.16. The highest BCUT2D eigenvalue weighted by Crippen LogP contribution is 2.15. The molecule has 3 N–H and O–H groups in total. The van der Waals surface area contributed by atoms with E-state index in [0.29, 0.717) is 23.6 Å². The molecule has 6 nitrogen and oxygen atoms in total. The molecule has 1 aromatic heterocycles. The third kappa shape index (κ3) is 5.23. The monoisotopic (exact) mass is 377 g/mol. The summed E-state index contributed by atoms with van der Waals surface area (Å²) in [6.45, 7) is 2.30. The van der Waals surface area contributed by atoms with Gasteiger partial charge in [0.1, 0.15) is 5.76 Å². The Kier molecular flexibility index (Phi) is 6.46. The van der Waals surface area contributed by atoms with Crippen LogP contribution >= 0.6 is 0 Å². The molecule has 3 aromatic rings. The van der Waals surface area contributed by atoms with Gasteiger partial charge in [-0.05, 0) is 36.8 Å². The first-order valence-corrected chi connectivity index (χ1v) is 9.11. The highest BCUT2D eigenvalue weighted by Gasteiger charge is 2.13. The Morgan fingerprint density at radius 2 is 1.71 bits per heavy atom. The van der Waals surface area contributed by atoms with Crippen LogP contribution in [0.15, 0.2) is 77.4 Å². The number of hydrogen-bond acceptors (Lipinski definition) is 4. The maximum atomic E-state index is 12.5. The van der Waals surface area contributed by atoms with E-state index >= 15 is 0 Å². The average molecular weight is 377 g/mol. The van der Waals surface area contributed by atoms with Gasteiger partial charge in [0.2, 0.25) is 5.91 Å². The van der Waals surface area contributed by atoms with Crippen LogP contribution in [0.5, 0.6) is 0 Å². The Morgan fingerprint density at radius 1 is 0.964 bits per heavy atom. The predicted octanol–water partition coefficient (Wildman–Crippen LogP) is 3.50. The molecule has 0 saturated heterocycles. The van der Waals surface area contributed by atoms with E-state index < -0.39 is 0 Å². The second-order valence-electron chi connectivity index (χ2n) is 6.36. The second kappa shape index (κ2) is 9.41.